The zero-order chi connectivity index (χ0) is 15.9. The number of benzene rings is 2. The van der Waals surface area contributed by atoms with Crippen molar-refractivity contribution in [2.45, 2.75) is 46.1 Å². The van der Waals surface area contributed by atoms with E-state index in [9.17, 15) is 4.79 Å². The molecule has 22 heavy (non-hydrogen) atoms. The lowest BCUT2D eigenvalue weighted by atomic mass is 10.00. The molecule has 0 aliphatic heterocycles. The molecule has 2 aromatic rings. The summed E-state index contributed by atoms with van der Waals surface area (Å²) in [5, 5.41) is 0. The number of hydrogen-bond acceptors (Lipinski definition) is 2. The molecule has 2 aromatic carbocycles. The van der Waals surface area contributed by atoms with E-state index >= 15 is 0 Å². The smallest absolute Gasteiger partial charge is 0.303 e. The lowest BCUT2D eigenvalue weighted by Gasteiger charge is -2.12. The first kappa shape index (κ1) is 16.3. The molecule has 0 bridgehead atoms. The largest absolute Gasteiger partial charge is 0.458 e. The van der Waals surface area contributed by atoms with E-state index < -0.39 is 0 Å². The van der Waals surface area contributed by atoms with E-state index in [0.29, 0.717) is 0 Å². The first-order valence-corrected chi connectivity index (χ1v) is 7.96. The van der Waals surface area contributed by atoms with Gasteiger partial charge in [0.25, 0.3) is 0 Å². The van der Waals surface area contributed by atoms with Crippen molar-refractivity contribution in [3.63, 3.8) is 0 Å². The van der Waals surface area contributed by atoms with Gasteiger partial charge in [0.15, 0.2) is 0 Å². The fraction of sp³-hybridized carbons (Fsp3) is 0.350. The van der Waals surface area contributed by atoms with E-state index in [-0.39, 0.29) is 12.1 Å². The monoisotopic (exact) mass is 296 g/mol. The van der Waals surface area contributed by atoms with Crippen molar-refractivity contribution >= 4 is 5.97 Å². The first-order chi connectivity index (χ1) is 10.6. The Labute approximate surface area is 133 Å². The van der Waals surface area contributed by atoms with Crippen molar-refractivity contribution in [3.8, 4) is 11.1 Å². The van der Waals surface area contributed by atoms with Crippen LogP contribution in [0.1, 0.15) is 50.8 Å². The van der Waals surface area contributed by atoms with Crippen molar-refractivity contribution in [1.29, 1.82) is 0 Å². The molecule has 0 amide bonds. The number of aryl methyl sites for hydroxylation is 1. The molecule has 0 aromatic heterocycles. The Balaban J connectivity index is 2.08. The van der Waals surface area contributed by atoms with E-state index in [0.717, 1.165) is 12.0 Å². The number of unbranched alkanes of at least 4 members (excludes halogenated alkanes) is 1. The van der Waals surface area contributed by atoms with Crippen molar-refractivity contribution < 1.29 is 9.53 Å². The van der Waals surface area contributed by atoms with Crippen molar-refractivity contribution in [3.05, 3.63) is 59.7 Å². The Morgan fingerprint density at radius 3 is 2.05 bits per heavy atom. The summed E-state index contributed by atoms with van der Waals surface area (Å²) in [5.74, 6) is -0.251. The SMILES string of the molecule is CCCCc1ccc(-c2ccc(C(C)OC(C)=O)cc2)cc1. The minimum Gasteiger partial charge on any atom is -0.458 e. The fourth-order valence-electron chi connectivity index (χ4n) is 2.51. The zero-order valence-corrected chi connectivity index (χ0v) is 13.6. The van der Waals surface area contributed by atoms with Crippen molar-refractivity contribution in [2.75, 3.05) is 0 Å². The Hall–Kier alpha value is -2.09. The van der Waals surface area contributed by atoms with Crippen LogP contribution in [0, 0.1) is 0 Å². The molecule has 2 nitrogen and oxygen atoms in total. The second-order valence-corrected chi connectivity index (χ2v) is 5.67. The van der Waals surface area contributed by atoms with Gasteiger partial charge in [-0.05, 0) is 42.0 Å². The highest BCUT2D eigenvalue weighted by Crippen LogP contribution is 2.24. The third-order valence-electron chi connectivity index (χ3n) is 3.83. The van der Waals surface area contributed by atoms with Crippen LogP contribution in [-0.4, -0.2) is 5.97 Å². The van der Waals surface area contributed by atoms with Gasteiger partial charge in [-0.3, -0.25) is 4.79 Å². The maximum Gasteiger partial charge on any atom is 0.303 e. The quantitative estimate of drug-likeness (QED) is 0.674. The third kappa shape index (κ3) is 4.45. The molecule has 0 saturated carbocycles. The van der Waals surface area contributed by atoms with Crippen LogP contribution in [-0.2, 0) is 16.0 Å². The fourth-order valence-corrected chi connectivity index (χ4v) is 2.51. The number of carbonyl (C=O) groups is 1. The summed E-state index contributed by atoms with van der Waals surface area (Å²) in [7, 11) is 0. The van der Waals surface area contributed by atoms with Crippen LogP contribution >= 0.6 is 0 Å². The van der Waals surface area contributed by atoms with Gasteiger partial charge in [-0.15, -0.1) is 0 Å². The lowest BCUT2D eigenvalue weighted by molar-refractivity contribution is -0.145. The molecule has 0 aliphatic carbocycles. The molecule has 2 heteroatoms. The van der Waals surface area contributed by atoms with Crippen LogP contribution in [0.15, 0.2) is 48.5 Å². The van der Waals surface area contributed by atoms with Crippen LogP contribution in [0.5, 0.6) is 0 Å². The van der Waals surface area contributed by atoms with Gasteiger partial charge in [0, 0.05) is 6.92 Å². The number of ether oxygens (including phenoxy) is 1. The number of hydrogen-bond donors (Lipinski definition) is 0. The van der Waals surface area contributed by atoms with E-state index in [1.165, 1.54) is 36.5 Å². The second kappa shape index (κ2) is 7.79. The summed E-state index contributed by atoms with van der Waals surface area (Å²) >= 11 is 0. The summed E-state index contributed by atoms with van der Waals surface area (Å²) in [5.41, 5.74) is 4.80. The summed E-state index contributed by atoms with van der Waals surface area (Å²) < 4.78 is 5.20. The molecule has 0 aliphatic rings. The summed E-state index contributed by atoms with van der Waals surface area (Å²) in [4.78, 5) is 11.0. The number of carbonyl (C=O) groups excluding carboxylic acids is 1. The van der Waals surface area contributed by atoms with E-state index in [2.05, 4.69) is 43.3 Å². The Morgan fingerprint density at radius 1 is 1.00 bits per heavy atom. The topological polar surface area (TPSA) is 26.3 Å². The average molecular weight is 296 g/mol. The van der Waals surface area contributed by atoms with E-state index in [1.54, 1.807) is 0 Å². The summed E-state index contributed by atoms with van der Waals surface area (Å²) in [6.45, 7) is 5.54. The molecule has 0 heterocycles. The van der Waals surface area contributed by atoms with Gasteiger partial charge in [0.1, 0.15) is 6.10 Å². The van der Waals surface area contributed by atoms with Gasteiger partial charge < -0.3 is 4.74 Å². The standard InChI is InChI=1S/C20H24O2/c1-4-5-6-17-7-9-19(10-8-17)20-13-11-18(12-14-20)15(2)22-16(3)21/h7-15H,4-6H2,1-3H3. The Bertz CT molecular complexity index is 597. The predicted molar refractivity (Wildman–Crippen MR) is 90.7 cm³/mol. The molecule has 1 unspecified atom stereocenters. The zero-order valence-electron chi connectivity index (χ0n) is 13.6. The minimum atomic E-state index is -0.251. The van der Waals surface area contributed by atoms with Gasteiger partial charge >= 0.3 is 5.97 Å². The number of esters is 1. The molecule has 1 atom stereocenters. The van der Waals surface area contributed by atoms with Crippen molar-refractivity contribution in [1.82, 2.24) is 0 Å². The molecule has 0 spiro atoms. The van der Waals surface area contributed by atoms with Gasteiger partial charge in [-0.25, -0.2) is 0 Å². The van der Waals surface area contributed by atoms with Gasteiger partial charge in [-0.1, -0.05) is 61.9 Å². The molecule has 2 rings (SSSR count). The van der Waals surface area contributed by atoms with E-state index in [1.807, 2.05) is 19.1 Å². The van der Waals surface area contributed by atoms with Crippen LogP contribution in [0.3, 0.4) is 0 Å². The minimum absolute atomic E-state index is 0.206. The highest BCUT2D eigenvalue weighted by molar-refractivity contribution is 5.67. The summed E-state index contributed by atoms with van der Waals surface area (Å²) in [6.07, 6.45) is 3.41. The molecule has 0 saturated heterocycles. The molecule has 0 N–H and O–H groups in total. The molecular formula is C20H24O2. The van der Waals surface area contributed by atoms with E-state index in [4.69, 9.17) is 4.74 Å². The van der Waals surface area contributed by atoms with Gasteiger partial charge in [0.05, 0.1) is 0 Å². The maximum atomic E-state index is 11.0. The molecule has 116 valence electrons. The number of rotatable bonds is 6. The van der Waals surface area contributed by atoms with Crippen LogP contribution in [0.25, 0.3) is 11.1 Å². The van der Waals surface area contributed by atoms with Crippen LogP contribution in [0.2, 0.25) is 0 Å². The average Bonchev–Trinajstić information content (AvgIpc) is 2.53. The molecule has 0 radical (unpaired) electrons. The maximum absolute atomic E-state index is 11.0. The Morgan fingerprint density at radius 2 is 1.55 bits per heavy atom. The highest BCUT2D eigenvalue weighted by Gasteiger charge is 2.08. The molecular weight excluding hydrogens is 272 g/mol. The highest BCUT2D eigenvalue weighted by atomic mass is 16.5. The van der Waals surface area contributed by atoms with Gasteiger partial charge in [0.2, 0.25) is 0 Å². The Kier molecular flexibility index (Phi) is 5.76. The lowest BCUT2D eigenvalue weighted by Crippen LogP contribution is -2.04. The predicted octanol–water partition coefficient (Wildman–Crippen LogP) is 5.32. The normalized spacial score (nSPS) is 12.0. The van der Waals surface area contributed by atoms with Gasteiger partial charge in [-0.2, -0.15) is 0 Å². The third-order valence-corrected chi connectivity index (χ3v) is 3.83. The second-order valence-electron chi connectivity index (χ2n) is 5.67. The summed E-state index contributed by atoms with van der Waals surface area (Å²) in [6, 6.07) is 17.0. The van der Waals surface area contributed by atoms with Crippen molar-refractivity contribution in [2.24, 2.45) is 0 Å². The van der Waals surface area contributed by atoms with Crippen LogP contribution in [0.4, 0.5) is 0 Å². The first-order valence-electron chi connectivity index (χ1n) is 7.96. The van der Waals surface area contributed by atoms with Crippen LogP contribution < -0.4 is 0 Å². The molecule has 0 fully saturated rings.